The standard InChI is InChI=1S/C20H29N5O3S/c1-12(2)17-11-23(9-13-7-15-8-14(13)10-24(15)29(21,27)28)19-16-5-3-4-6-18(16)22-25(19)20(17)26/h11-15H,3-10H2,1-2H3,(H2,21,27,28)/t13-,14-,15+/m1/s1. The highest BCUT2D eigenvalue weighted by molar-refractivity contribution is 7.86. The SMILES string of the molecule is CC(C)c1cn(C[C@H]2C[C@H]3C[C@@H]2CN3S(N)(=O)=O)c2c3c(nn2c1=O)CCCC3. The number of hydrogen-bond donors (Lipinski definition) is 1. The quantitative estimate of drug-likeness (QED) is 0.809. The first-order valence-electron chi connectivity index (χ1n) is 10.7. The van der Waals surface area contributed by atoms with Gasteiger partial charge in [0.2, 0.25) is 0 Å². The van der Waals surface area contributed by atoms with Crippen LogP contribution in [0.4, 0.5) is 0 Å². The molecule has 0 aromatic carbocycles. The van der Waals surface area contributed by atoms with Crippen LogP contribution in [-0.4, -0.2) is 39.5 Å². The number of nitrogens with two attached hydrogens (primary N) is 1. The van der Waals surface area contributed by atoms with E-state index in [1.165, 1.54) is 9.87 Å². The molecule has 2 bridgehead atoms. The molecule has 0 radical (unpaired) electrons. The van der Waals surface area contributed by atoms with E-state index in [2.05, 4.69) is 4.57 Å². The van der Waals surface area contributed by atoms with Gasteiger partial charge in [0.05, 0.1) is 5.69 Å². The highest BCUT2D eigenvalue weighted by Gasteiger charge is 2.48. The first-order chi connectivity index (χ1) is 13.7. The monoisotopic (exact) mass is 419 g/mol. The average Bonchev–Trinajstić information content (AvgIpc) is 3.35. The number of aryl methyl sites for hydroxylation is 2. The fourth-order valence-corrected chi connectivity index (χ4v) is 6.71. The van der Waals surface area contributed by atoms with E-state index < -0.39 is 10.2 Å². The van der Waals surface area contributed by atoms with Gasteiger partial charge in [-0.25, -0.2) is 5.14 Å². The molecule has 158 valence electrons. The molecule has 2 aromatic heterocycles. The highest BCUT2D eigenvalue weighted by atomic mass is 32.2. The fourth-order valence-electron chi connectivity index (χ4n) is 5.72. The molecule has 2 N–H and O–H groups in total. The van der Waals surface area contributed by atoms with Crippen LogP contribution < -0.4 is 10.7 Å². The van der Waals surface area contributed by atoms with Gasteiger partial charge in [-0.3, -0.25) is 4.79 Å². The van der Waals surface area contributed by atoms with Crippen molar-refractivity contribution >= 4 is 15.9 Å². The fraction of sp³-hybridized carbons (Fsp3) is 0.700. The molecule has 9 heteroatoms. The van der Waals surface area contributed by atoms with Gasteiger partial charge < -0.3 is 4.57 Å². The van der Waals surface area contributed by atoms with Gasteiger partial charge in [-0.1, -0.05) is 13.8 Å². The van der Waals surface area contributed by atoms with Crippen molar-refractivity contribution in [3.05, 3.63) is 33.4 Å². The molecule has 3 atom stereocenters. The van der Waals surface area contributed by atoms with Gasteiger partial charge in [0.1, 0.15) is 5.65 Å². The van der Waals surface area contributed by atoms with Crippen LogP contribution in [0.1, 0.15) is 62.3 Å². The molecule has 1 aliphatic heterocycles. The zero-order valence-electron chi connectivity index (χ0n) is 17.0. The van der Waals surface area contributed by atoms with E-state index in [4.69, 9.17) is 10.2 Å². The summed E-state index contributed by atoms with van der Waals surface area (Å²) in [5.41, 5.74) is 4.01. The first-order valence-corrected chi connectivity index (χ1v) is 12.2. The Labute approximate surface area is 170 Å². The van der Waals surface area contributed by atoms with Crippen molar-refractivity contribution in [1.29, 1.82) is 0 Å². The molecule has 29 heavy (non-hydrogen) atoms. The van der Waals surface area contributed by atoms with Crippen LogP contribution in [0.5, 0.6) is 0 Å². The summed E-state index contributed by atoms with van der Waals surface area (Å²) in [6, 6.07) is 0.0128. The number of aromatic nitrogens is 3. The molecule has 0 amide bonds. The van der Waals surface area contributed by atoms with Gasteiger partial charge in [-0.2, -0.15) is 22.3 Å². The Morgan fingerprint density at radius 2 is 2.00 bits per heavy atom. The van der Waals surface area contributed by atoms with Crippen LogP contribution in [-0.2, 0) is 29.6 Å². The summed E-state index contributed by atoms with van der Waals surface area (Å²) in [5, 5.41) is 10.1. The highest BCUT2D eigenvalue weighted by Crippen LogP contribution is 2.44. The molecule has 5 rings (SSSR count). The smallest absolute Gasteiger partial charge is 0.277 e. The van der Waals surface area contributed by atoms with Crippen LogP contribution in [0.2, 0.25) is 0 Å². The van der Waals surface area contributed by atoms with Crippen molar-refractivity contribution in [1.82, 2.24) is 18.5 Å². The van der Waals surface area contributed by atoms with E-state index in [0.29, 0.717) is 18.4 Å². The second-order valence-electron chi connectivity index (χ2n) is 9.32. The van der Waals surface area contributed by atoms with Crippen LogP contribution >= 0.6 is 0 Å². The maximum absolute atomic E-state index is 13.1. The summed E-state index contributed by atoms with van der Waals surface area (Å²) in [4.78, 5) is 13.1. The summed E-state index contributed by atoms with van der Waals surface area (Å²) in [6.45, 7) is 5.38. The van der Waals surface area contributed by atoms with Crippen LogP contribution in [0.3, 0.4) is 0 Å². The third kappa shape index (κ3) is 3.05. The maximum Gasteiger partial charge on any atom is 0.277 e. The second kappa shape index (κ2) is 6.65. The second-order valence-corrected chi connectivity index (χ2v) is 10.8. The molecular formula is C20H29N5O3S. The molecule has 1 saturated heterocycles. The Bertz CT molecular complexity index is 1130. The lowest BCUT2D eigenvalue weighted by molar-refractivity contribution is 0.242. The van der Waals surface area contributed by atoms with E-state index in [1.807, 2.05) is 20.0 Å². The average molecular weight is 420 g/mol. The minimum absolute atomic E-state index is 0.00556. The lowest BCUT2D eigenvalue weighted by atomic mass is 9.94. The zero-order valence-corrected chi connectivity index (χ0v) is 17.9. The molecule has 2 aromatic rings. The van der Waals surface area contributed by atoms with Crippen molar-refractivity contribution in [3.63, 3.8) is 0 Å². The summed E-state index contributed by atoms with van der Waals surface area (Å²) < 4.78 is 28.9. The van der Waals surface area contributed by atoms with Crippen molar-refractivity contribution in [3.8, 4) is 0 Å². The molecule has 3 aliphatic rings. The zero-order chi connectivity index (χ0) is 20.5. The maximum atomic E-state index is 13.1. The predicted octanol–water partition coefficient (Wildman–Crippen LogP) is 1.41. The van der Waals surface area contributed by atoms with Crippen molar-refractivity contribution in [2.24, 2.45) is 17.0 Å². The number of rotatable bonds is 4. The minimum Gasteiger partial charge on any atom is -0.332 e. The van der Waals surface area contributed by atoms with E-state index in [1.54, 1.807) is 4.52 Å². The molecule has 0 spiro atoms. The Hall–Kier alpha value is -1.71. The van der Waals surface area contributed by atoms with Gasteiger partial charge in [0, 0.05) is 36.5 Å². The molecular weight excluding hydrogens is 390 g/mol. The Morgan fingerprint density at radius 1 is 1.24 bits per heavy atom. The molecule has 1 saturated carbocycles. The van der Waals surface area contributed by atoms with E-state index >= 15 is 0 Å². The lowest BCUT2D eigenvalue weighted by Crippen LogP contribution is -2.44. The predicted molar refractivity (Wildman–Crippen MR) is 110 cm³/mol. The summed E-state index contributed by atoms with van der Waals surface area (Å²) in [5.74, 6) is 0.829. The third-order valence-electron chi connectivity index (χ3n) is 7.15. The summed E-state index contributed by atoms with van der Waals surface area (Å²) >= 11 is 0. The summed E-state index contributed by atoms with van der Waals surface area (Å²) in [6.07, 6.45) is 7.89. The van der Waals surface area contributed by atoms with Crippen LogP contribution in [0.15, 0.2) is 11.0 Å². The van der Waals surface area contributed by atoms with Gasteiger partial charge in [0.15, 0.2) is 0 Å². The Morgan fingerprint density at radius 3 is 2.66 bits per heavy atom. The van der Waals surface area contributed by atoms with Crippen molar-refractivity contribution in [2.75, 3.05) is 6.54 Å². The number of nitrogens with zero attached hydrogens (tertiary/aromatic N) is 4. The van der Waals surface area contributed by atoms with Gasteiger partial charge in [0.25, 0.3) is 15.8 Å². The third-order valence-corrected chi connectivity index (χ3v) is 8.26. The van der Waals surface area contributed by atoms with E-state index in [-0.39, 0.29) is 17.5 Å². The van der Waals surface area contributed by atoms with Crippen molar-refractivity contribution < 1.29 is 8.42 Å². The first kappa shape index (κ1) is 19.3. The van der Waals surface area contributed by atoms with Gasteiger partial charge in [-0.05, 0) is 56.3 Å². The minimum atomic E-state index is -3.62. The lowest BCUT2D eigenvalue weighted by Gasteiger charge is -2.30. The molecule has 2 aliphatic carbocycles. The van der Waals surface area contributed by atoms with Gasteiger partial charge >= 0.3 is 0 Å². The number of hydrogen-bond acceptors (Lipinski definition) is 4. The molecule has 3 heterocycles. The molecule has 0 unspecified atom stereocenters. The van der Waals surface area contributed by atoms with Gasteiger partial charge in [-0.15, -0.1) is 0 Å². The van der Waals surface area contributed by atoms with Crippen LogP contribution in [0, 0.1) is 11.8 Å². The molecule has 2 fully saturated rings. The Balaban J connectivity index is 1.55. The Kier molecular flexibility index (Phi) is 4.42. The van der Waals surface area contributed by atoms with E-state index in [9.17, 15) is 13.2 Å². The number of fused-ring (bicyclic) bond motifs is 5. The summed E-state index contributed by atoms with van der Waals surface area (Å²) in [7, 11) is -3.62. The number of piperidine rings is 1. The van der Waals surface area contributed by atoms with Crippen molar-refractivity contribution in [2.45, 2.75) is 70.9 Å². The largest absolute Gasteiger partial charge is 0.332 e. The topological polar surface area (TPSA) is 103 Å². The van der Waals surface area contributed by atoms with Crippen LogP contribution in [0.25, 0.3) is 5.65 Å². The van der Waals surface area contributed by atoms with E-state index in [0.717, 1.165) is 62.0 Å². The normalized spacial score (nSPS) is 27.2. The molecule has 8 nitrogen and oxygen atoms in total.